The summed E-state index contributed by atoms with van der Waals surface area (Å²) >= 11 is 0. The predicted molar refractivity (Wildman–Crippen MR) is 107 cm³/mol. The summed E-state index contributed by atoms with van der Waals surface area (Å²) in [7, 11) is 3.18. The molecule has 2 N–H and O–H groups in total. The Morgan fingerprint density at radius 3 is 2.17 bits per heavy atom. The summed E-state index contributed by atoms with van der Waals surface area (Å²) in [6.45, 7) is 0. The monoisotopic (exact) mass is 392 g/mol. The van der Waals surface area contributed by atoms with Crippen LogP contribution in [0.15, 0.2) is 54.7 Å². The zero-order valence-corrected chi connectivity index (χ0v) is 16.0. The number of amides is 1. The standard InChI is InChI=1S/C22H20N2O5/c1-28-15-7-3-13(4-8-15)17-11-19(25)23-20-18(22(26)27)12-24(21(17)20)14-5-9-16(29-2)10-6-14/h3-10,12,17H,11H2,1-2H3,(H,23,25)(H,26,27)/t17-/m1/s1. The van der Waals surface area contributed by atoms with Crippen molar-refractivity contribution in [2.45, 2.75) is 12.3 Å². The SMILES string of the molecule is COc1ccc([C@H]2CC(=O)Nc3c(C(=O)O)cn(-c4ccc(OC)cc4)c32)cc1. The lowest BCUT2D eigenvalue weighted by Crippen LogP contribution is -2.25. The molecule has 0 saturated heterocycles. The van der Waals surface area contributed by atoms with E-state index in [9.17, 15) is 14.7 Å². The molecule has 0 bridgehead atoms. The van der Waals surface area contributed by atoms with Crippen LogP contribution in [0.25, 0.3) is 5.69 Å². The Hall–Kier alpha value is -3.74. The average Bonchev–Trinajstić information content (AvgIpc) is 3.13. The fourth-order valence-electron chi connectivity index (χ4n) is 3.70. The van der Waals surface area contributed by atoms with E-state index in [2.05, 4.69) is 5.32 Å². The van der Waals surface area contributed by atoms with Crippen molar-refractivity contribution in [3.63, 3.8) is 0 Å². The molecular weight excluding hydrogens is 372 g/mol. The van der Waals surface area contributed by atoms with Crippen LogP contribution in [0.1, 0.15) is 34.0 Å². The van der Waals surface area contributed by atoms with E-state index in [0.717, 1.165) is 16.9 Å². The van der Waals surface area contributed by atoms with Gasteiger partial charge in [-0.25, -0.2) is 4.79 Å². The fourth-order valence-corrected chi connectivity index (χ4v) is 3.70. The molecule has 0 unspecified atom stereocenters. The third-order valence-corrected chi connectivity index (χ3v) is 5.13. The van der Waals surface area contributed by atoms with E-state index in [4.69, 9.17) is 9.47 Å². The van der Waals surface area contributed by atoms with Crippen LogP contribution in [-0.4, -0.2) is 35.8 Å². The van der Waals surface area contributed by atoms with Crippen molar-refractivity contribution in [3.05, 3.63) is 71.5 Å². The molecule has 0 saturated carbocycles. The maximum absolute atomic E-state index is 12.4. The first-order valence-electron chi connectivity index (χ1n) is 9.08. The number of carboxylic acid groups (broad SMARTS) is 1. The van der Waals surface area contributed by atoms with E-state index in [1.165, 1.54) is 0 Å². The third-order valence-electron chi connectivity index (χ3n) is 5.13. The van der Waals surface area contributed by atoms with E-state index in [1.54, 1.807) is 20.4 Å². The van der Waals surface area contributed by atoms with Gasteiger partial charge in [0.15, 0.2) is 0 Å². The van der Waals surface area contributed by atoms with Crippen LogP contribution >= 0.6 is 0 Å². The summed E-state index contributed by atoms with van der Waals surface area (Å²) in [6.07, 6.45) is 1.77. The van der Waals surface area contributed by atoms with Gasteiger partial charge in [0, 0.05) is 24.2 Å². The Bertz CT molecular complexity index is 1070. The largest absolute Gasteiger partial charge is 0.497 e. The highest BCUT2D eigenvalue weighted by Gasteiger charge is 2.34. The van der Waals surface area contributed by atoms with E-state index in [0.29, 0.717) is 17.2 Å². The number of aromatic nitrogens is 1. The van der Waals surface area contributed by atoms with Crippen molar-refractivity contribution in [2.24, 2.45) is 0 Å². The third kappa shape index (κ3) is 3.31. The summed E-state index contributed by atoms with van der Waals surface area (Å²) in [5.41, 5.74) is 2.82. The number of anilines is 1. The number of benzene rings is 2. The summed E-state index contributed by atoms with van der Waals surface area (Å²) in [4.78, 5) is 24.2. The lowest BCUT2D eigenvalue weighted by Gasteiger charge is -2.26. The molecule has 3 aromatic rings. The van der Waals surface area contributed by atoms with Crippen LogP contribution < -0.4 is 14.8 Å². The highest BCUT2D eigenvalue weighted by atomic mass is 16.5. The molecule has 0 aliphatic carbocycles. The number of carboxylic acids is 1. The van der Waals surface area contributed by atoms with Crippen LogP contribution in [0.5, 0.6) is 11.5 Å². The molecule has 7 nitrogen and oxygen atoms in total. The number of rotatable bonds is 5. The van der Waals surface area contributed by atoms with Crippen molar-refractivity contribution in [2.75, 3.05) is 19.5 Å². The highest BCUT2D eigenvalue weighted by Crippen LogP contribution is 2.42. The number of carbonyl (C=O) groups is 2. The number of hydrogen-bond acceptors (Lipinski definition) is 4. The smallest absolute Gasteiger partial charge is 0.339 e. The first-order valence-corrected chi connectivity index (χ1v) is 9.08. The number of methoxy groups -OCH3 is 2. The predicted octanol–water partition coefficient (Wildman–Crippen LogP) is 3.67. The van der Waals surface area contributed by atoms with Gasteiger partial charge in [-0.2, -0.15) is 0 Å². The molecule has 0 fully saturated rings. The van der Waals surface area contributed by atoms with Gasteiger partial charge in [0.2, 0.25) is 5.91 Å². The zero-order chi connectivity index (χ0) is 20.5. The van der Waals surface area contributed by atoms with Crippen molar-refractivity contribution in [1.29, 1.82) is 0 Å². The molecule has 1 aromatic heterocycles. The number of fused-ring (bicyclic) bond motifs is 1. The molecule has 2 aromatic carbocycles. The maximum atomic E-state index is 12.4. The topological polar surface area (TPSA) is 89.8 Å². The minimum Gasteiger partial charge on any atom is -0.497 e. The van der Waals surface area contributed by atoms with Crippen molar-refractivity contribution >= 4 is 17.6 Å². The number of carbonyl (C=O) groups excluding carboxylic acids is 1. The minimum atomic E-state index is -1.09. The summed E-state index contributed by atoms with van der Waals surface area (Å²) < 4.78 is 12.3. The number of hydrogen-bond donors (Lipinski definition) is 2. The molecule has 1 atom stereocenters. The highest BCUT2D eigenvalue weighted by molar-refractivity contribution is 6.04. The Labute approximate surface area is 167 Å². The molecule has 1 aliphatic heterocycles. The average molecular weight is 392 g/mol. The molecule has 7 heteroatoms. The van der Waals surface area contributed by atoms with Crippen LogP contribution in [0.4, 0.5) is 5.69 Å². The van der Waals surface area contributed by atoms with Crippen LogP contribution in [-0.2, 0) is 4.79 Å². The Morgan fingerprint density at radius 2 is 1.62 bits per heavy atom. The molecule has 148 valence electrons. The number of nitrogens with zero attached hydrogens (tertiary/aromatic N) is 1. The first-order chi connectivity index (χ1) is 14.0. The van der Waals surface area contributed by atoms with Gasteiger partial charge in [-0.15, -0.1) is 0 Å². The maximum Gasteiger partial charge on any atom is 0.339 e. The molecule has 4 rings (SSSR count). The molecule has 2 heterocycles. The van der Waals surface area contributed by atoms with Gasteiger partial charge in [-0.1, -0.05) is 12.1 Å². The molecule has 1 aliphatic rings. The summed E-state index contributed by atoms with van der Waals surface area (Å²) in [6, 6.07) is 14.8. The van der Waals surface area contributed by atoms with Crippen molar-refractivity contribution in [3.8, 4) is 17.2 Å². The van der Waals surface area contributed by atoms with Gasteiger partial charge in [0.1, 0.15) is 17.1 Å². The summed E-state index contributed by atoms with van der Waals surface area (Å²) in [5, 5.41) is 12.4. The van der Waals surface area contributed by atoms with E-state index in [1.807, 2.05) is 53.1 Å². The second-order valence-electron chi connectivity index (χ2n) is 6.75. The number of nitrogens with one attached hydrogen (secondary N) is 1. The second kappa shape index (κ2) is 7.35. The molecule has 0 spiro atoms. The second-order valence-corrected chi connectivity index (χ2v) is 6.75. The Kier molecular flexibility index (Phi) is 4.72. The van der Waals surface area contributed by atoms with Gasteiger partial charge in [-0.05, 0) is 42.0 Å². The molecular formula is C22H20N2O5. The van der Waals surface area contributed by atoms with E-state index >= 15 is 0 Å². The lowest BCUT2D eigenvalue weighted by molar-refractivity contribution is -0.116. The van der Waals surface area contributed by atoms with Crippen molar-refractivity contribution < 1.29 is 24.2 Å². The molecule has 1 amide bonds. The Morgan fingerprint density at radius 1 is 1.03 bits per heavy atom. The van der Waals surface area contributed by atoms with Gasteiger partial charge >= 0.3 is 5.97 Å². The fraction of sp³-hybridized carbons (Fsp3) is 0.182. The Balaban J connectivity index is 1.90. The first kappa shape index (κ1) is 18.6. The lowest BCUT2D eigenvalue weighted by atomic mass is 9.88. The van der Waals surface area contributed by atoms with E-state index in [-0.39, 0.29) is 23.8 Å². The normalized spacial score (nSPS) is 15.4. The van der Waals surface area contributed by atoms with Gasteiger partial charge in [0.05, 0.1) is 25.6 Å². The number of aromatic carboxylic acids is 1. The minimum absolute atomic E-state index is 0.0578. The summed E-state index contributed by atoms with van der Waals surface area (Å²) in [5.74, 6) is -0.184. The zero-order valence-electron chi connectivity index (χ0n) is 16.0. The quantitative estimate of drug-likeness (QED) is 0.692. The van der Waals surface area contributed by atoms with E-state index < -0.39 is 5.97 Å². The number of ether oxygens (including phenoxy) is 2. The molecule has 0 radical (unpaired) electrons. The van der Waals surface area contributed by atoms with Crippen molar-refractivity contribution in [1.82, 2.24) is 4.57 Å². The van der Waals surface area contributed by atoms with Gasteiger partial charge in [0.25, 0.3) is 0 Å². The van der Waals surface area contributed by atoms with Crippen LogP contribution in [0.3, 0.4) is 0 Å². The van der Waals surface area contributed by atoms with Crippen LogP contribution in [0.2, 0.25) is 0 Å². The van der Waals surface area contributed by atoms with Crippen LogP contribution in [0, 0.1) is 0 Å². The van der Waals surface area contributed by atoms with Gasteiger partial charge < -0.3 is 24.5 Å². The van der Waals surface area contributed by atoms with Gasteiger partial charge in [-0.3, -0.25) is 4.79 Å². The molecule has 29 heavy (non-hydrogen) atoms.